The number of nitrogens with one attached hydrogen (secondary N) is 1. The molecule has 0 atom stereocenters. The number of alkyl carbamates (subject to hydrolysis) is 1. The van der Waals surface area contributed by atoms with Gasteiger partial charge in [0.25, 0.3) is 0 Å². The van der Waals surface area contributed by atoms with E-state index < -0.39 is 11.7 Å². The number of nitrogens with zero attached hydrogens (tertiary/aromatic N) is 1. The Balaban J connectivity index is 2.30. The Bertz CT molecular complexity index is 464. The fourth-order valence-electron chi connectivity index (χ4n) is 1.48. The number of carbonyl (C=O) groups excluding carboxylic acids is 1. The maximum atomic E-state index is 11.4. The summed E-state index contributed by atoms with van der Waals surface area (Å²) >= 11 is 0. The van der Waals surface area contributed by atoms with Crippen LogP contribution in [0.3, 0.4) is 0 Å². The zero-order valence-corrected chi connectivity index (χ0v) is 12.2. The molecule has 0 aliphatic heterocycles. The van der Waals surface area contributed by atoms with Crippen molar-refractivity contribution in [3.63, 3.8) is 0 Å². The number of ether oxygens (including phenoxy) is 1. The molecule has 1 rings (SSSR count). The summed E-state index contributed by atoms with van der Waals surface area (Å²) in [5, 5.41) is 11.7. The summed E-state index contributed by atoms with van der Waals surface area (Å²) in [6.45, 7) is 5.97. The van der Waals surface area contributed by atoms with Crippen molar-refractivity contribution in [2.24, 2.45) is 0 Å². The molecule has 0 aliphatic rings. The maximum absolute atomic E-state index is 11.4. The fraction of sp³-hybridized carbons (Fsp3) is 0.467. The van der Waals surface area contributed by atoms with Crippen LogP contribution in [0.2, 0.25) is 0 Å². The molecule has 0 radical (unpaired) electrons. The molecule has 0 spiro atoms. The largest absolute Gasteiger partial charge is 0.444 e. The zero-order chi connectivity index (χ0) is 15.0. The highest BCUT2D eigenvalue weighted by atomic mass is 16.6. The van der Waals surface area contributed by atoms with Crippen LogP contribution in [0.25, 0.3) is 6.08 Å². The molecule has 20 heavy (non-hydrogen) atoms. The summed E-state index contributed by atoms with van der Waals surface area (Å²) in [7, 11) is 0. The Morgan fingerprint density at radius 3 is 2.85 bits per heavy atom. The predicted octanol–water partition coefficient (Wildman–Crippen LogP) is 2.50. The summed E-state index contributed by atoms with van der Waals surface area (Å²) in [5.41, 5.74) is 1.23. The van der Waals surface area contributed by atoms with Gasteiger partial charge in [0.2, 0.25) is 0 Å². The van der Waals surface area contributed by atoms with Gasteiger partial charge in [-0.1, -0.05) is 12.2 Å². The first-order valence-corrected chi connectivity index (χ1v) is 6.59. The van der Waals surface area contributed by atoms with Gasteiger partial charge in [0.15, 0.2) is 0 Å². The van der Waals surface area contributed by atoms with Crippen molar-refractivity contribution in [1.29, 1.82) is 0 Å². The van der Waals surface area contributed by atoms with Gasteiger partial charge < -0.3 is 15.2 Å². The minimum absolute atomic E-state index is 0.0190. The topological polar surface area (TPSA) is 71.5 Å². The Hall–Kier alpha value is -1.88. The summed E-state index contributed by atoms with van der Waals surface area (Å²) in [4.78, 5) is 15.4. The predicted molar refractivity (Wildman–Crippen MR) is 78.0 cm³/mol. The molecule has 0 unspecified atom stereocenters. The van der Waals surface area contributed by atoms with E-state index in [2.05, 4.69) is 10.3 Å². The van der Waals surface area contributed by atoms with Crippen LogP contribution in [-0.2, 0) is 11.3 Å². The van der Waals surface area contributed by atoms with Crippen molar-refractivity contribution in [1.82, 2.24) is 10.3 Å². The number of hydrogen-bond donors (Lipinski definition) is 2. The van der Waals surface area contributed by atoms with Gasteiger partial charge in [-0.3, -0.25) is 4.98 Å². The van der Waals surface area contributed by atoms with Gasteiger partial charge in [-0.05, 0) is 44.4 Å². The molecule has 1 aromatic heterocycles. The quantitative estimate of drug-likeness (QED) is 0.812. The van der Waals surface area contributed by atoms with E-state index in [9.17, 15) is 4.79 Å². The average molecular weight is 278 g/mol. The van der Waals surface area contributed by atoms with Crippen molar-refractivity contribution >= 4 is 12.2 Å². The molecule has 0 bridgehead atoms. The van der Waals surface area contributed by atoms with E-state index in [1.807, 2.05) is 39.0 Å². The van der Waals surface area contributed by atoms with E-state index in [0.29, 0.717) is 13.0 Å². The Morgan fingerprint density at radius 1 is 1.45 bits per heavy atom. The highest BCUT2D eigenvalue weighted by Crippen LogP contribution is 2.07. The molecule has 5 nitrogen and oxygen atoms in total. The Labute approximate surface area is 119 Å². The van der Waals surface area contributed by atoms with Crippen LogP contribution in [0, 0.1) is 0 Å². The average Bonchev–Trinajstić information content (AvgIpc) is 2.36. The highest BCUT2D eigenvalue weighted by molar-refractivity contribution is 5.67. The van der Waals surface area contributed by atoms with Crippen molar-refractivity contribution in [3.05, 3.63) is 35.7 Å². The normalized spacial score (nSPS) is 11.6. The number of pyridine rings is 1. The molecular formula is C15H22N2O3. The van der Waals surface area contributed by atoms with E-state index in [4.69, 9.17) is 9.84 Å². The van der Waals surface area contributed by atoms with Crippen LogP contribution in [0.4, 0.5) is 4.79 Å². The summed E-state index contributed by atoms with van der Waals surface area (Å²) in [5.74, 6) is 0. The maximum Gasteiger partial charge on any atom is 0.407 e. The van der Waals surface area contributed by atoms with Crippen LogP contribution in [0.1, 0.15) is 38.3 Å². The number of amides is 1. The number of aliphatic hydroxyl groups is 1. The Kier molecular flexibility index (Phi) is 6.18. The Morgan fingerprint density at radius 2 is 2.20 bits per heavy atom. The molecule has 0 fully saturated rings. The third kappa shape index (κ3) is 6.89. The second-order valence-electron chi connectivity index (χ2n) is 5.40. The molecule has 1 aromatic rings. The molecule has 0 saturated heterocycles. The molecule has 5 heteroatoms. The van der Waals surface area contributed by atoms with E-state index >= 15 is 0 Å². The lowest BCUT2D eigenvalue weighted by molar-refractivity contribution is 0.0529. The van der Waals surface area contributed by atoms with Crippen molar-refractivity contribution < 1.29 is 14.6 Å². The SMILES string of the molecule is CC(C)(C)OC(=O)NCCC=Cc1cncc(CO)c1. The van der Waals surface area contributed by atoms with Crippen LogP contribution in [-0.4, -0.2) is 28.3 Å². The van der Waals surface area contributed by atoms with Crippen molar-refractivity contribution in [3.8, 4) is 0 Å². The molecule has 0 saturated carbocycles. The fourth-order valence-corrected chi connectivity index (χ4v) is 1.48. The molecule has 1 heterocycles. The lowest BCUT2D eigenvalue weighted by Gasteiger charge is -2.19. The van der Waals surface area contributed by atoms with Gasteiger partial charge in [-0.25, -0.2) is 4.79 Å². The molecule has 0 aliphatic carbocycles. The number of aliphatic hydroxyl groups excluding tert-OH is 1. The van der Waals surface area contributed by atoms with Gasteiger partial charge in [0.05, 0.1) is 6.61 Å². The van der Waals surface area contributed by atoms with Crippen molar-refractivity contribution in [2.45, 2.75) is 39.4 Å². The van der Waals surface area contributed by atoms with E-state index in [1.54, 1.807) is 12.4 Å². The molecule has 0 aromatic carbocycles. The highest BCUT2D eigenvalue weighted by Gasteiger charge is 2.15. The minimum Gasteiger partial charge on any atom is -0.444 e. The number of hydrogen-bond acceptors (Lipinski definition) is 4. The van der Waals surface area contributed by atoms with Gasteiger partial charge in [0.1, 0.15) is 5.60 Å². The summed E-state index contributed by atoms with van der Waals surface area (Å²) < 4.78 is 5.12. The smallest absolute Gasteiger partial charge is 0.407 e. The monoisotopic (exact) mass is 278 g/mol. The first-order chi connectivity index (χ1) is 9.40. The lowest BCUT2D eigenvalue weighted by Crippen LogP contribution is -2.32. The number of rotatable bonds is 5. The third-order valence-corrected chi connectivity index (χ3v) is 2.29. The van der Waals surface area contributed by atoms with E-state index in [0.717, 1.165) is 11.1 Å². The van der Waals surface area contributed by atoms with Gasteiger partial charge in [0, 0.05) is 18.9 Å². The van der Waals surface area contributed by atoms with Crippen molar-refractivity contribution in [2.75, 3.05) is 6.54 Å². The first-order valence-electron chi connectivity index (χ1n) is 6.59. The van der Waals surface area contributed by atoms with Crippen LogP contribution < -0.4 is 5.32 Å². The molecule has 1 amide bonds. The van der Waals surface area contributed by atoms with Crippen LogP contribution >= 0.6 is 0 Å². The third-order valence-electron chi connectivity index (χ3n) is 2.29. The second-order valence-corrected chi connectivity index (χ2v) is 5.40. The number of aromatic nitrogens is 1. The lowest BCUT2D eigenvalue weighted by atomic mass is 10.2. The van der Waals surface area contributed by atoms with E-state index in [1.165, 1.54) is 0 Å². The van der Waals surface area contributed by atoms with Crippen LogP contribution in [0.15, 0.2) is 24.5 Å². The molecular weight excluding hydrogens is 256 g/mol. The molecule has 2 N–H and O–H groups in total. The van der Waals surface area contributed by atoms with Gasteiger partial charge >= 0.3 is 6.09 Å². The second kappa shape index (κ2) is 7.65. The minimum atomic E-state index is -0.476. The summed E-state index contributed by atoms with van der Waals surface area (Å²) in [6, 6.07) is 1.87. The number of carbonyl (C=O) groups is 1. The zero-order valence-electron chi connectivity index (χ0n) is 12.2. The molecule has 110 valence electrons. The van der Waals surface area contributed by atoms with Crippen LogP contribution in [0.5, 0.6) is 0 Å². The van der Waals surface area contributed by atoms with Gasteiger partial charge in [-0.15, -0.1) is 0 Å². The summed E-state index contributed by atoms with van der Waals surface area (Å²) in [6.07, 6.45) is 7.48. The first kappa shape index (κ1) is 16.2. The van der Waals surface area contributed by atoms with E-state index in [-0.39, 0.29) is 6.61 Å². The van der Waals surface area contributed by atoms with Gasteiger partial charge in [-0.2, -0.15) is 0 Å². The standard InChI is InChI=1S/C15H22N2O3/c1-15(2,3)20-14(19)17-7-5-4-6-12-8-13(11-18)10-16-9-12/h4,6,8-10,18H,5,7,11H2,1-3H3,(H,17,19).